The molecule has 0 unspecified atom stereocenters. The van der Waals surface area contributed by atoms with Crippen LogP contribution in [-0.2, 0) is 23.7 Å². The van der Waals surface area contributed by atoms with Gasteiger partial charge in [0.05, 0.1) is 12.3 Å². The monoisotopic (exact) mass is 422 g/mol. The third-order valence-corrected chi connectivity index (χ3v) is 5.25. The number of sulfonamides is 1. The van der Waals surface area contributed by atoms with Gasteiger partial charge in [-0.15, -0.1) is 0 Å². The van der Waals surface area contributed by atoms with Gasteiger partial charge in [-0.3, -0.25) is 4.72 Å². The Bertz CT molecular complexity index is 741. The van der Waals surface area contributed by atoms with Crippen molar-refractivity contribution in [2.75, 3.05) is 4.72 Å². The molecule has 2 rings (SSSR count). The maximum atomic E-state index is 12.3. The standard InChI is InChI=1S/C12H12Br2N2O3S/c1-16-6-10(5-9(16)7-17)20(18,19)15-12-4-8(13)2-3-11(12)14/h2-6,15,17H,7H2,1H3. The van der Waals surface area contributed by atoms with Gasteiger partial charge in [0.1, 0.15) is 4.90 Å². The van der Waals surface area contributed by atoms with Gasteiger partial charge in [0.15, 0.2) is 0 Å². The molecule has 0 spiro atoms. The normalized spacial score (nSPS) is 11.6. The molecule has 20 heavy (non-hydrogen) atoms. The Labute approximate surface area is 133 Å². The van der Waals surface area contributed by atoms with Crippen LogP contribution in [0.3, 0.4) is 0 Å². The molecule has 1 aromatic heterocycles. The predicted molar refractivity (Wildman–Crippen MR) is 84.0 cm³/mol. The Morgan fingerprint density at radius 3 is 2.60 bits per heavy atom. The summed E-state index contributed by atoms with van der Waals surface area (Å²) in [5, 5.41) is 9.12. The van der Waals surface area contributed by atoms with E-state index < -0.39 is 10.0 Å². The van der Waals surface area contributed by atoms with Crippen LogP contribution < -0.4 is 4.72 Å². The SMILES string of the molecule is Cn1cc(S(=O)(=O)Nc2cc(Br)ccc2Br)cc1CO. The zero-order valence-corrected chi connectivity index (χ0v) is 14.5. The van der Waals surface area contributed by atoms with Crippen molar-refractivity contribution in [2.45, 2.75) is 11.5 Å². The molecule has 1 heterocycles. The van der Waals surface area contributed by atoms with Crippen LogP contribution in [0.15, 0.2) is 44.3 Å². The van der Waals surface area contributed by atoms with Crippen LogP contribution in [0.4, 0.5) is 5.69 Å². The summed E-state index contributed by atoms with van der Waals surface area (Å²) in [5.74, 6) is 0. The van der Waals surface area contributed by atoms with Crippen LogP contribution in [0.1, 0.15) is 5.69 Å². The number of hydrogen-bond acceptors (Lipinski definition) is 3. The lowest BCUT2D eigenvalue weighted by molar-refractivity contribution is 0.272. The van der Waals surface area contributed by atoms with E-state index in [1.807, 2.05) is 0 Å². The van der Waals surface area contributed by atoms with E-state index in [0.29, 0.717) is 15.9 Å². The van der Waals surface area contributed by atoms with Gasteiger partial charge in [0, 0.05) is 27.9 Å². The minimum absolute atomic E-state index is 0.107. The quantitative estimate of drug-likeness (QED) is 0.794. The van der Waals surface area contributed by atoms with Crippen molar-refractivity contribution in [3.63, 3.8) is 0 Å². The Balaban J connectivity index is 2.37. The average Bonchev–Trinajstić information content (AvgIpc) is 2.76. The molecule has 2 aromatic rings. The Kier molecular flexibility index (Phi) is 4.58. The molecule has 0 bridgehead atoms. The van der Waals surface area contributed by atoms with Gasteiger partial charge in [-0.05, 0) is 40.2 Å². The summed E-state index contributed by atoms with van der Waals surface area (Å²) < 4.78 is 30.1. The zero-order chi connectivity index (χ0) is 14.9. The summed E-state index contributed by atoms with van der Waals surface area (Å²) >= 11 is 6.59. The van der Waals surface area contributed by atoms with Crippen molar-refractivity contribution >= 4 is 47.6 Å². The van der Waals surface area contributed by atoms with Gasteiger partial charge in [0.25, 0.3) is 10.0 Å². The van der Waals surface area contributed by atoms with E-state index in [-0.39, 0.29) is 11.5 Å². The molecule has 5 nitrogen and oxygen atoms in total. The largest absolute Gasteiger partial charge is 0.390 e. The number of rotatable bonds is 4. The molecular formula is C12H12Br2N2O3S. The molecule has 0 saturated carbocycles. The topological polar surface area (TPSA) is 71.3 Å². The maximum Gasteiger partial charge on any atom is 0.263 e. The van der Waals surface area contributed by atoms with E-state index in [0.717, 1.165) is 4.47 Å². The molecule has 0 aliphatic rings. The lowest BCUT2D eigenvalue weighted by Crippen LogP contribution is -2.12. The zero-order valence-electron chi connectivity index (χ0n) is 10.5. The minimum atomic E-state index is -3.70. The number of aliphatic hydroxyl groups excluding tert-OH is 1. The first-order valence-electron chi connectivity index (χ1n) is 5.57. The third kappa shape index (κ3) is 3.25. The molecule has 8 heteroatoms. The predicted octanol–water partition coefficient (Wildman–Crippen LogP) is 2.84. The molecule has 0 atom stereocenters. The first kappa shape index (κ1) is 15.6. The summed E-state index contributed by atoms with van der Waals surface area (Å²) in [6.45, 7) is -0.216. The lowest BCUT2D eigenvalue weighted by Gasteiger charge is -2.08. The minimum Gasteiger partial charge on any atom is -0.390 e. The summed E-state index contributed by atoms with van der Waals surface area (Å²) in [4.78, 5) is 0.107. The van der Waals surface area contributed by atoms with E-state index >= 15 is 0 Å². The third-order valence-electron chi connectivity index (χ3n) is 2.73. The fourth-order valence-corrected chi connectivity index (χ4v) is 3.66. The highest BCUT2D eigenvalue weighted by molar-refractivity contribution is 9.11. The second-order valence-electron chi connectivity index (χ2n) is 4.17. The van der Waals surface area contributed by atoms with Crippen LogP contribution in [-0.4, -0.2) is 18.1 Å². The number of aromatic nitrogens is 1. The lowest BCUT2D eigenvalue weighted by atomic mass is 10.3. The van der Waals surface area contributed by atoms with Gasteiger partial charge in [-0.1, -0.05) is 15.9 Å². The highest BCUT2D eigenvalue weighted by Gasteiger charge is 2.18. The van der Waals surface area contributed by atoms with Crippen molar-refractivity contribution in [1.29, 1.82) is 0 Å². The number of aliphatic hydroxyl groups is 1. The molecule has 0 radical (unpaired) electrons. The molecule has 1 aromatic carbocycles. The van der Waals surface area contributed by atoms with Crippen LogP contribution in [0.2, 0.25) is 0 Å². The molecule has 0 aliphatic heterocycles. The van der Waals surface area contributed by atoms with Gasteiger partial charge >= 0.3 is 0 Å². The fraction of sp³-hybridized carbons (Fsp3) is 0.167. The first-order chi connectivity index (χ1) is 9.33. The second kappa shape index (κ2) is 5.88. The molecule has 0 amide bonds. The summed E-state index contributed by atoms with van der Waals surface area (Å²) in [6, 6.07) is 6.64. The van der Waals surface area contributed by atoms with Crippen LogP contribution >= 0.6 is 31.9 Å². The van der Waals surface area contributed by atoms with Crippen molar-refractivity contribution in [2.24, 2.45) is 7.05 Å². The fourth-order valence-electron chi connectivity index (χ4n) is 1.66. The van der Waals surface area contributed by atoms with Crippen molar-refractivity contribution < 1.29 is 13.5 Å². The van der Waals surface area contributed by atoms with Crippen LogP contribution in [0.25, 0.3) is 0 Å². The Hall–Kier alpha value is -0.830. The molecule has 0 saturated heterocycles. The Morgan fingerprint density at radius 2 is 2.00 bits per heavy atom. The van der Waals surface area contributed by atoms with E-state index in [4.69, 9.17) is 5.11 Å². The summed E-state index contributed by atoms with van der Waals surface area (Å²) in [5.41, 5.74) is 0.965. The number of hydrogen-bond donors (Lipinski definition) is 2. The van der Waals surface area contributed by atoms with Crippen molar-refractivity contribution in [3.05, 3.63) is 45.1 Å². The molecule has 108 valence electrons. The second-order valence-corrected chi connectivity index (χ2v) is 7.62. The number of anilines is 1. The number of benzene rings is 1. The number of halogens is 2. The number of aryl methyl sites for hydroxylation is 1. The summed E-state index contributed by atoms with van der Waals surface area (Å²) in [6.07, 6.45) is 1.46. The van der Waals surface area contributed by atoms with Gasteiger partial charge in [-0.25, -0.2) is 8.42 Å². The molecular weight excluding hydrogens is 412 g/mol. The smallest absolute Gasteiger partial charge is 0.263 e. The number of nitrogens with one attached hydrogen (secondary N) is 1. The summed E-state index contributed by atoms with van der Waals surface area (Å²) in [7, 11) is -2.02. The molecule has 0 aliphatic carbocycles. The highest BCUT2D eigenvalue weighted by atomic mass is 79.9. The van der Waals surface area contributed by atoms with E-state index in [9.17, 15) is 8.42 Å². The number of nitrogens with zero attached hydrogens (tertiary/aromatic N) is 1. The van der Waals surface area contributed by atoms with Crippen molar-refractivity contribution in [1.82, 2.24) is 4.57 Å². The highest BCUT2D eigenvalue weighted by Crippen LogP contribution is 2.28. The van der Waals surface area contributed by atoms with Gasteiger partial charge in [0.2, 0.25) is 0 Å². The van der Waals surface area contributed by atoms with Crippen molar-refractivity contribution in [3.8, 4) is 0 Å². The Morgan fingerprint density at radius 1 is 1.30 bits per heavy atom. The maximum absolute atomic E-state index is 12.3. The molecule has 0 fully saturated rings. The average molecular weight is 424 g/mol. The van der Waals surface area contributed by atoms with E-state index in [2.05, 4.69) is 36.6 Å². The van der Waals surface area contributed by atoms with E-state index in [1.54, 1.807) is 29.8 Å². The molecule has 2 N–H and O–H groups in total. The first-order valence-corrected chi connectivity index (χ1v) is 8.64. The van der Waals surface area contributed by atoms with Gasteiger partial charge in [-0.2, -0.15) is 0 Å². The van der Waals surface area contributed by atoms with Crippen LogP contribution in [0, 0.1) is 0 Å². The van der Waals surface area contributed by atoms with Gasteiger partial charge < -0.3 is 9.67 Å². The van der Waals surface area contributed by atoms with Crippen LogP contribution in [0.5, 0.6) is 0 Å². The van der Waals surface area contributed by atoms with E-state index in [1.165, 1.54) is 12.3 Å².